The Bertz CT molecular complexity index is 2680. The van der Waals surface area contributed by atoms with E-state index in [1.54, 1.807) is 18.2 Å². The topological polar surface area (TPSA) is 64.1 Å². The van der Waals surface area contributed by atoms with E-state index in [0.29, 0.717) is 18.7 Å². The van der Waals surface area contributed by atoms with Crippen LogP contribution in [0.3, 0.4) is 0 Å². The molecule has 0 atom stereocenters. The zero-order chi connectivity index (χ0) is 44.4. The Kier molecular flexibility index (Phi) is 12.3. The number of unbranched alkanes of at least 4 members (excludes halogenated alkanes) is 1. The number of anilines is 2. The van der Waals surface area contributed by atoms with Crippen LogP contribution in [0.1, 0.15) is 39.9 Å². The van der Waals surface area contributed by atoms with Crippen molar-refractivity contribution in [2.75, 3.05) is 50.8 Å². The zero-order valence-electron chi connectivity index (χ0n) is 37.4. The predicted octanol–water partition coefficient (Wildman–Crippen LogP) is 9.07. The summed E-state index contributed by atoms with van der Waals surface area (Å²) in [6.45, 7) is 11.0. The van der Waals surface area contributed by atoms with Crippen molar-refractivity contribution in [3.63, 3.8) is 0 Å². The van der Waals surface area contributed by atoms with Crippen LogP contribution < -0.4 is 26.0 Å². The number of carbonyl (C=O) groups excluding carboxylic acids is 2. The molecule has 6 nitrogen and oxygen atoms in total. The van der Waals surface area contributed by atoms with Gasteiger partial charge < -0.3 is 10.0 Å². The Labute approximate surface area is 380 Å². The fraction of sp³-hybridized carbons (Fsp3) is 0.214. The number of hydrogen-bond donors (Lipinski definition) is 1. The van der Waals surface area contributed by atoms with Crippen LogP contribution >= 0.6 is 7.26 Å². The van der Waals surface area contributed by atoms with Gasteiger partial charge in [0.1, 0.15) is 13.8 Å². The third kappa shape index (κ3) is 8.25. The number of nitrogens with zero attached hydrogens (tertiary/aromatic N) is 3. The molecule has 0 unspecified atom stereocenters. The minimum Gasteiger partial charge on any atom is -0.508 e. The number of phenolic OH excluding ortho intramolecular Hbond substituents is 1. The van der Waals surface area contributed by atoms with E-state index in [1.165, 1.54) is 26.7 Å². The molecule has 0 spiro atoms. The van der Waals surface area contributed by atoms with Gasteiger partial charge in [-0.15, -0.1) is 0 Å². The first-order valence-electron chi connectivity index (χ1n) is 22.7. The summed E-state index contributed by atoms with van der Waals surface area (Å²) in [5.41, 5.74) is 8.24. The summed E-state index contributed by atoms with van der Waals surface area (Å²) in [6.07, 6.45) is 8.94. The predicted molar refractivity (Wildman–Crippen MR) is 272 cm³/mol. The van der Waals surface area contributed by atoms with E-state index in [1.807, 2.05) is 42.3 Å². The van der Waals surface area contributed by atoms with Gasteiger partial charge in [-0.05, 0) is 88.1 Å². The number of allylic oxidation sites excluding steroid dienone is 5. The second kappa shape index (κ2) is 18.2. The van der Waals surface area contributed by atoms with Crippen molar-refractivity contribution in [3.05, 3.63) is 203 Å². The Balaban J connectivity index is 0.894. The number of rotatable bonds is 12. The summed E-state index contributed by atoms with van der Waals surface area (Å²) < 4.78 is 0. The van der Waals surface area contributed by atoms with E-state index in [9.17, 15) is 14.7 Å². The van der Waals surface area contributed by atoms with Gasteiger partial charge in [-0.25, -0.2) is 0 Å². The maximum atomic E-state index is 14.1. The monoisotopic (exact) mass is 879 g/mol. The Hall–Kier alpha value is -6.11. The molecule has 9 rings (SSSR count). The van der Waals surface area contributed by atoms with Crippen LogP contribution in [0.25, 0.3) is 5.57 Å². The maximum absolute atomic E-state index is 14.1. The van der Waals surface area contributed by atoms with Gasteiger partial charge >= 0.3 is 216 Å². The third-order valence-electron chi connectivity index (χ3n) is 14.0. The van der Waals surface area contributed by atoms with Gasteiger partial charge in [-0.2, -0.15) is 0 Å². The quantitative estimate of drug-likeness (QED) is 0.0756. The van der Waals surface area contributed by atoms with Crippen LogP contribution in [-0.2, 0) is 4.79 Å². The molecule has 1 amide bonds. The molecule has 2 aliphatic heterocycles. The molecule has 8 heteroatoms. The fourth-order valence-corrected chi connectivity index (χ4v) is 18.4. The number of benzene rings is 6. The van der Waals surface area contributed by atoms with Crippen LogP contribution in [0, 0.1) is 6.92 Å². The van der Waals surface area contributed by atoms with E-state index >= 15 is 0 Å². The van der Waals surface area contributed by atoms with E-state index in [4.69, 9.17) is 0 Å². The number of aryl methyl sites for hydroxylation is 1. The van der Waals surface area contributed by atoms with Crippen LogP contribution in [0.5, 0.6) is 5.75 Å². The van der Waals surface area contributed by atoms with Crippen molar-refractivity contribution >= 4 is 65.1 Å². The molecule has 6 aromatic rings. The number of fused-ring (bicyclic) bond motifs is 2. The first kappa shape index (κ1) is 43.2. The standard InChI is InChI=1S/C56H58N3O3PSi/c1-41-38-42(22-29-50(41)55-51-30-25-44(57(2)43-23-26-45(60)27-24-43)39-53(51)64(3,4)54-40-46(61)28-31-52(54)55)56(62)59-35-33-58(34-36-59)32-14-15-37-63(47-16-8-5-9-17-47,48-18-10-6-11-19-48)49-20-12-7-13-21-49/h5-13,16-31,38-40,60,63H,14-15,32-37H2,1-4H3. The first-order valence-corrected chi connectivity index (χ1v) is 27.9. The fourth-order valence-electron chi connectivity index (χ4n) is 10.4. The zero-order valence-corrected chi connectivity index (χ0v) is 39.4. The molecule has 324 valence electrons. The number of phenols is 1. The summed E-state index contributed by atoms with van der Waals surface area (Å²) in [7, 11) is -2.52. The van der Waals surface area contributed by atoms with Crippen molar-refractivity contribution in [2.45, 2.75) is 32.9 Å². The van der Waals surface area contributed by atoms with Gasteiger partial charge in [0, 0.05) is 18.4 Å². The molecule has 6 aromatic carbocycles. The average molecular weight is 880 g/mol. The summed E-state index contributed by atoms with van der Waals surface area (Å²) in [5.74, 6) is 0.341. The van der Waals surface area contributed by atoms with Crippen LogP contribution in [0.2, 0.25) is 13.1 Å². The summed E-state index contributed by atoms with van der Waals surface area (Å²) in [6, 6.07) is 53.7. The molecule has 2 heterocycles. The molecule has 1 saturated heterocycles. The van der Waals surface area contributed by atoms with Crippen molar-refractivity contribution in [2.24, 2.45) is 0 Å². The van der Waals surface area contributed by atoms with Gasteiger partial charge in [0.2, 0.25) is 0 Å². The van der Waals surface area contributed by atoms with Gasteiger partial charge in [0.15, 0.2) is 5.78 Å². The number of aromatic hydroxyl groups is 1. The normalized spacial score (nSPS) is 16.2. The van der Waals surface area contributed by atoms with Crippen LogP contribution in [0.4, 0.5) is 11.4 Å². The van der Waals surface area contributed by atoms with E-state index in [-0.39, 0.29) is 17.4 Å². The van der Waals surface area contributed by atoms with Crippen LogP contribution in [0.15, 0.2) is 181 Å². The molecule has 3 aliphatic rings. The van der Waals surface area contributed by atoms with Crippen molar-refractivity contribution in [3.8, 4) is 5.75 Å². The van der Waals surface area contributed by atoms with Crippen LogP contribution in [-0.4, -0.2) is 80.6 Å². The van der Waals surface area contributed by atoms with E-state index in [2.05, 4.69) is 151 Å². The van der Waals surface area contributed by atoms with Gasteiger partial charge in [-0.1, -0.05) is 25.2 Å². The third-order valence-corrected chi connectivity index (χ3v) is 22.6. The van der Waals surface area contributed by atoms with Crippen molar-refractivity contribution in [1.29, 1.82) is 0 Å². The molecule has 0 radical (unpaired) electrons. The molecule has 64 heavy (non-hydrogen) atoms. The van der Waals surface area contributed by atoms with Gasteiger partial charge in [0.05, 0.1) is 0 Å². The molecule has 0 saturated carbocycles. The molecule has 0 bridgehead atoms. The van der Waals surface area contributed by atoms with Crippen molar-refractivity contribution < 1.29 is 14.7 Å². The number of carbonyl (C=O) groups is 2. The second-order valence-corrected chi connectivity index (χ2v) is 26.5. The number of piperazine rings is 1. The Morgan fingerprint density at radius 3 is 1.86 bits per heavy atom. The summed E-state index contributed by atoms with van der Waals surface area (Å²) in [5, 5.41) is 16.7. The molecular formula is C56H58N3O3PSi. The van der Waals surface area contributed by atoms with E-state index < -0.39 is 15.3 Å². The minimum absolute atomic E-state index is 0.0233. The number of amides is 1. The first-order chi connectivity index (χ1) is 31.0. The molecule has 1 fully saturated rings. The summed E-state index contributed by atoms with van der Waals surface area (Å²) >= 11 is 0. The molecule has 1 N–H and O–H groups in total. The number of ketones is 1. The second-order valence-electron chi connectivity index (χ2n) is 18.1. The minimum atomic E-state index is -2.31. The Morgan fingerprint density at radius 1 is 0.688 bits per heavy atom. The number of hydrogen-bond acceptors (Lipinski definition) is 5. The van der Waals surface area contributed by atoms with Gasteiger partial charge in [0.25, 0.3) is 0 Å². The van der Waals surface area contributed by atoms with E-state index in [0.717, 1.165) is 77.5 Å². The van der Waals surface area contributed by atoms with Gasteiger partial charge in [-0.3, -0.25) is 4.79 Å². The molecule has 1 aliphatic carbocycles. The average Bonchev–Trinajstić information content (AvgIpc) is 3.33. The Morgan fingerprint density at radius 2 is 1.27 bits per heavy atom. The molecular weight excluding hydrogens is 822 g/mol. The van der Waals surface area contributed by atoms with Crippen molar-refractivity contribution in [1.82, 2.24) is 9.80 Å². The smallest absolute Gasteiger partial charge is 0.508 e. The molecule has 0 aromatic heterocycles. The SMILES string of the molecule is Cc1cc(C(=O)N2CCN(CCCC[PH](c3ccccc3)(c3ccccc3)c3ccccc3)CC2)ccc1C1=C2C=CC(=O)C=C2[Si](C)(C)c2cc(N(C)c3ccc(O)cc3)ccc21. The summed E-state index contributed by atoms with van der Waals surface area (Å²) in [4.78, 5) is 33.7.